The fourth-order valence-electron chi connectivity index (χ4n) is 2.09. The van der Waals surface area contributed by atoms with Crippen LogP contribution in [0.5, 0.6) is 5.75 Å². The van der Waals surface area contributed by atoms with Crippen molar-refractivity contribution >= 4 is 0 Å². The van der Waals surface area contributed by atoms with Crippen LogP contribution in [0.3, 0.4) is 0 Å². The molecule has 0 heterocycles. The molecule has 0 spiro atoms. The van der Waals surface area contributed by atoms with E-state index in [1.807, 2.05) is 12.1 Å². The average molecular weight is 241 g/mol. The highest BCUT2D eigenvalue weighted by Gasteiger charge is 2.10. The lowest BCUT2D eigenvalue weighted by Gasteiger charge is -2.15. The molecule has 2 nitrogen and oxygen atoms in total. The van der Waals surface area contributed by atoms with Gasteiger partial charge in [0.15, 0.2) is 0 Å². The zero-order valence-corrected chi connectivity index (χ0v) is 10.6. The van der Waals surface area contributed by atoms with Crippen LogP contribution < -0.4 is 5.73 Å². The molecule has 0 amide bonds. The van der Waals surface area contributed by atoms with E-state index >= 15 is 0 Å². The largest absolute Gasteiger partial charge is 0.508 e. The molecule has 2 aromatic rings. The zero-order chi connectivity index (χ0) is 13.0. The van der Waals surface area contributed by atoms with E-state index in [9.17, 15) is 5.11 Å². The first-order valence-corrected chi connectivity index (χ1v) is 6.23. The summed E-state index contributed by atoms with van der Waals surface area (Å²) in [5.74, 6) is 0.596. The average Bonchev–Trinajstić information content (AvgIpc) is 2.39. The van der Waals surface area contributed by atoms with Gasteiger partial charge in [0.1, 0.15) is 5.75 Å². The maximum atomic E-state index is 9.30. The van der Waals surface area contributed by atoms with Crippen LogP contribution in [-0.4, -0.2) is 11.7 Å². The van der Waals surface area contributed by atoms with Gasteiger partial charge >= 0.3 is 0 Å². The summed E-state index contributed by atoms with van der Waals surface area (Å²) in [6.45, 7) is 2.70. The minimum absolute atomic E-state index is 0.296. The molecule has 0 bridgehead atoms. The quantitative estimate of drug-likeness (QED) is 0.864. The summed E-state index contributed by atoms with van der Waals surface area (Å²) in [4.78, 5) is 0. The molecule has 2 rings (SSSR count). The number of hydrogen-bond acceptors (Lipinski definition) is 2. The minimum atomic E-state index is 0.296. The van der Waals surface area contributed by atoms with E-state index in [1.165, 1.54) is 16.7 Å². The Bertz CT molecular complexity index is 488. The molecule has 1 unspecified atom stereocenters. The number of hydrogen-bond donors (Lipinski definition) is 2. The molecule has 1 atom stereocenters. The van der Waals surface area contributed by atoms with Crippen molar-refractivity contribution in [3.05, 3.63) is 65.2 Å². The van der Waals surface area contributed by atoms with Gasteiger partial charge in [0, 0.05) is 5.92 Å². The number of phenolic OH excluding ortho intramolecular Hbond substituents is 1. The van der Waals surface area contributed by atoms with Crippen LogP contribution in [0.15, 0.2) is 48.5 Å². The van der Waals surface area contributed by atoms with Gasteiger partial charge in [-0.05, 0) is 43.1 Å². The summed E-state index contributed by atoms with van der Waals surface area (Å²) in [5, 5.41) is 9.30. The Morgan fingerprint density at radius 3 is 2.17 bits per heavy atom. The summed E-state index contributed by atoms with van der Waals surface area (Å²) < 4.78 is 0. The van der Waals surface area contributed by atoms with E-state index in [-0.39, 0.29) is 0 Å². The molecule has 0 aromatic heterocycles. The topological polar surface area (TPSA) is 46.2 Å². The van der Waals surface area contributed by atoms with Crippen LogP contribution in [0.25, 0.3) is 0 Å². The molecule has 0 aliphatic rings. The van der Waals surface area contributed by atoms with Gasteiger partial charge < -0.3 is 10.8 Å². The second-order valence-corrected chi connectivity index (χ2v) is 4.71. The monoisotopic (exact) mass is 241 g/mol. The van der Waals surface area contributed by atoms with E-state index in [2.05, 4.69) is 31.2 Å². The van der Waals surface area contributed by atoms with Gasteiger partial charge in [0.05, 0.1) is 0 Å². The van der Waals surface area contributed by atoms with Gasteiger partial charge in [0.25, 0.3) is 0 Å². The van der Waals surface area contributed by atoms with E-state index in [1.54, 1.807) is 12.1 Å². The van der Waals surface area contributed by atoms with Crippen LogP contribution in [0.2, 0.25) is 0 Å². The fraction of sp³-hybridized carbons (Fsp3) is 0.250. The SMILES string of the molecule is Cc1ccc(CC(CN)c2ccc(O)cc2)cc1. The van der Waals surface area contributed by atoms with Crippen molar-refractivity contribution in [1.29, 1.82) is 0 Å². The normalized spacial score (nSPS) is 12.3. The minimum Gasteiger partial charge on any atom is -0.508 e. The van der Waals surface area contributed by atoms with Crippen LogP contribution in [0.1, 0.15) is 22.6 Å². The van der Waals surface area contributed by atoms with Crippen LogP contribution in [0, 0.1) is 6.92 Å². The Morgan fingerprint density at radius 2 is 1.61 bits per heavy atom. The van der Waals surface area contributed by atoms with Gasteiger partial charge in [-0.2, -0.15) is 0 Å². The Labute approximate surface area is 108 Å². The molecule has 0 saturated heterocycles. The smallest absolute Gasteiger partial charge is 0.115 e. The van der Waals surface area contributed by atoms with Crippen LogP contribution in [-0.2, 0) is 6.42 Å². The molecule has 3 N–H and O–H groups in total. The second-order valence-electron chi connectivity index (χ2n) is 4.71. The van der Waals surface area contributed by atoms with E-state index < -0.39 is 0 Å². The van der Waals surface area contributed by atoms with Crippen molar-refractivity contribution in [1.82, 2.24) is 0 Å². The highest BCUT2D eigenvalue weighted by molar-refractivity contribution is 5.30. The highest BCUT2D eigenvalue weighted by atomic mass is 16.3. The van der Waals surface area contributed by atoms with Crippen molar-refractivity contribution in [3.8, 4) is 5.75 Å². The third-order valence-electron chi connectivity index (χ3n) is 3.25. The standard InChI is InChI=1S/C16H19NO/c1-12-2-4-13(5-3-12)10-15(11-17)14-6-8-16(18)9-7-14/h2-9,15,18H,10-11,17H2,1H3. The van der Waals surface area contributed by atoms with Gasteiger partial charge in [-0.3, -0.25) is 0 Å². The molecular formula is C16H19NO. The lowest BCUT2D eigenvalue weighted by Crippen LogP contribution is -2.14. The lowest BCUT2D eigenvalue weighted by atomic mass is 9.92. The Morgan fingerprint density at radius 1 is 1.00 bits per heavy atom. The maximum absolute atomic E-state index is 9.30. The van der Waals surface area contributed by atoms with Crippen LogP contribution >= 0.6 is 0 Å². The first-order valence-electron chi connectivity index (χ1n) is 6.23. The number of aromatic hydroxyl groups is 1. The number of aryl methyl sites for hydroxylation is 1. The summed E-state index contributed by atoms with van der Waals surface area (Å²) >= 11 is 0. The van der Waals surface area contributed by atoms with Crippen molar-refractivity contribution in [2.75, 3.05) is 6.54 Å². The third kappa shape index (κ3) is 3.11. The van der Waals surface area contributed by atoms with Gasteiger partial charge in [-0.1, -0.05) is 42.0 Å². The molecule has 0 fully saturated rings. The number of nitrogens with two attached hydrogens (primary N) is 1. The lowest BCUT2D eigenvalue weighted by molar-refractivity contribution is 0.475. The fourth-order valence-corrected chi connectivity index (χ4v) is 2.09. The van der Waals surface area contributed by atoms with Crippen molar-refractivity contribution in [3.63, 3.8) is 0 Å². The number of phenols is 1. The van der Waals surface area contributed by atoms with Gasteiger partial charge in [-0.25, -0.2) is 0 Å². The summed E-state index contributed by atoms with van der Waals surface area (Å²) in [7, 11) is 0. The Hall–Kier alpha value is -1.80. The Kier molecular flexibility index (Phi) is 4.00. The molecule has 0 aliphatic heterocycles. The molecule has 0 aliphatic carbocycles. The number of benzene rings is 2. The van der Waals surface area contributed by atoms with Crippen molar-refractivity contribution in [2.45, 2.75) is 19.3 Å². The molecule has 2 aromatic carbocycles. The maximum Gasteiger partial charge on any atom is 0.115 e. The zero-order valence-electron chi connectivity index (χ0n) is 10.6. The second kappa shape index (κ2) is 5.69. The molecular weight excluding hydrogens is 222 g/mol. The number of rotatable bonds is 4. The third-order valence-corrected chi connectivity index (χ3v) is 3.25. The van der Waals surface area contributed by atoms with E-state index in [4.69, 9.17) is 5.73 Å². The summed E-state index contributed by atoms with van der Waals surface area (Å²) in [6.07, 6.45) is 0.932. The molecule has 0 radical (unpaired) electrons. The first-order chi connectivity index (χ1) is 8.69. The van der Waals surface area contributed by atoms with Crippen molar-refractivity contribution in [2.24, 2.45) is 5.73 Å². The van der Waals surface area contributed by atoms with E-state index in [0.717, 1.165) is 6.42 Å². The predicted octanol–water partition coefficient (Wildman–Crippen LogP) is 2.99. The summed E-state index contributed by atoms with van der Waals surface area (Å²) in [6, 6.07) is 15.9. The molecule has 0 saturated carbocycles. The summed E-state index contributed by atoms with van der Waals surface area (Å²) in [5.41, 5.74) is 9.60. The first kappa shape index (κ1) is 12.7. The Balaban J connectivity index is 2.14. The van der Waals surface area contributed by atoms with E-state index in [0.29, 0.717) is 18.2 Å². The van der Waals surface area contributed by atoms with Crippen LogP contribution in [0.4, 0.5) is 0 Å². The van der Waals surface area contributed by atoms with Crippen molar-refractivity contribution < 1.29 is 5.11 Å². The van der Waals surface area contributed by atoms with Gasteiger partial charge in [0.2, 0.25) is 0 Å². The molecule has 2 heteroatoms. The molecule has 18 heavy (non-hydrogen) atoms. The highest BCUT2D eigenvalue weighted by Crippen LogP contribution is 2.22. The predicted molar refractivity (Wildman–Crippen MR) is 74.8 cm³/mol. The molecule has 94 valence electrons. The van der Waals surface area contributed by atoms with Gasteiger partial charge in [-0.15, -0.1) is 0 Å².